The fraction of sp³-hybridized carbons (Fsp3) is 0.136. The molecule has 0 bridgehead atoms. The Balaban J connectivity index is 1.55. The third-order valence-electron chi connectivity index (χ3n) is 4.26. The zero-order valence-corrected chi connectivity index (χ0v) is 18.9. The molecule has 3 aromatic rings. The molecule has 0 fully saturated rings. The summed E-state index contributed by atoms with van der Waals surface area (Å²) in [7, 11) is -3.64. The summed E-state index contributed by atoms with van der Waals surface area (Å²) in [6.45, 7) is 3.80. The lowest BCUT2D eigenvalue weighted by Gasteiger charge is -2.09. The zero-order valence-electron chi connectivity index (χ0n) is 16.5. The Labute approximate surface area is 185 Å². The molecule has 0 aromatic heterocycles. The summed E-state index contributed by atoms with van der Waals surface area (Å²) in [5.74, 6) is 0.0731. The van der Waals surface area contributed by atoms with Crippen molar-refractivity contribution >= 4 is 50.7 Å². The highest BCUT2D eigenvalue weighted by atomic mass is 35.5. The van der Waals surface area contributed by atoms with E-state index in [1.807, 2.05) is 19.9 Å². The van der Waals surface area contributed by atoms with Crippen LogP contribution in [0.1, 0.15) is 11.1 Å². The molecular formula is C22H21ClN2O3S2. The molecule has 8 heteroatoms. The Hall–Kier alpha value is -2.48. The number of rotatable bonds is 7. The number of hydrogen-bond acceptors (Lipinski definition) is 4. The molecule has 0 unspecified atom stereocenters. The number of aryl methyl sites for hydroxylation is 2. The molecule has 5 nitrogen and oxygen atoms in total. The first-order valence-electron chi connectivity index (χ1n) is 9.11. The van der Waals surface area contributed by atoms with Crippen molar-refractivity contribution in [1.82, 2.24) is 0 Å². The van der Waals surface area contributed by atoms with Gasteiger partial charge in [-0.3, -0.25) is 9.52 Å². The van der Waals surface area contributed by atoms with Crippen LogP contribution in [-0.4, -0.2) is 20.1 Å². The van der Waals surface area contributed by atoms with Gasteiger partial charge in [-0.2, -0.15) is 0 Å². The van der Waals surface area contributed by atoms with Gasteiger partial charge in [0.15, 0.2) is 0 Å². The van der Waals surface area contributed by atoms with E-state index in [4.69, 9.17) is 11.6 Å². The summed E-state index contributed by atoms with van der Waals surface area (Å²) in [6, 6.07) is 18.9. The minimum Gasteiger partial charge on any atom is -0.325 e. The molecule has 0 spiro atoms. The summed E-state index contributed by atoms with van der Waals surface area (Å²) in [6.07, 6.45) is 0. The Bertz CT molecular complexity index is 1150. The Morgan fingerprint density at radius 2 is 1.57 bits per heavy atom. The van der Waals surface area contributed by atoms with Crippen molar-refractivity contribution in [2.75, 3.05) is 15.8 Å². The number of thioether (sulfide) groups is 1. The fourth-order valence-corrected chi connectivity index (χ4v) is 4.50. The first-order valence-corrected chi connectivity index (χ1v) is 12.0. The second-order valence-corrected chi connectivity index (χ2v) is 9.88. The van der Waals surface area contributed by atoms with Crippen molar-refractivity contribution in [3.63, 3.8) is 0 Å². The van der Waals surface area contributed by atoms with Gasteiger partial charge in [-0.25, -0.2) is 8.42 Å². The van der Waals surface area contributed by atoms with Gasteiger partial charge in [-0.15, -0.1) is 11.8 Å². The number of benzene rings is 3. The average molecular weight is 461 g/mol. The van der Waals surface area contributed by atoms with Crippen molar-refractivity contribution in [2.45, 2.75) is 23.6 Å². The van der Waals surface area contributed by atoms with Gasteiger partial charge < -0.3 is 5.32 Å². The van der Waals surface area contributed by atoms with Gasteiger partial charge in [0.05, 0.1) is 10.6 Å². The molecule has 0 aliphatic rings. The highest BCUT2D eigenvalue weighted by molar-refractivity contribution is 8.00. The lowest BCUT2D eigenvalue weighted by molar-refractivity contribution is -0.113. The summed E-state index contributed by atoms with van der Waals surface area (Å²) < 4.78 is 27.5. The molecule has 3 rings (SSSR count). The number of hydrogen-bond donors (Lipinski definition) is 2. The SMILES string of the molecule is Cc1ccc(S(=O)(=O)Nc2ccc(SCC(=O)Nc3ccc(C)c(Cl)c3)cc2)cc1. The van der Waals surface area contributed by atoms with E-state index in [0.29, 0.717) is 16.4 Å². The fourth-order valence-electron chi connectivity index (χ4n) is 2.57. The summed E-state index contributed by atoms with van der Waals surface area (Å²) in [5, 5.41) is 3.41. The summed E-state index contributed by atoms with van der Waals surface area (Å²) in [5.41, 5.74) is 3.04. The molecule has 0 aliphatic heterocycles. The predicted molar refractivity (Wildman–Crippen MR) is 124 cm³/mol. The van der Waals surface area contributed by atoms with Crippen LogP contribution in [-0.2, 0) is 14.8 Å². The third kappa shape index (κ3) is 6.01. The topological polar surface area (TPSA) is 75.3 Å². The van der Waals surface area contributed by atoms with E-state index in [1.54, 1.807) is 60.7 Å². The highest BCUT2D eigenvalue weighted by Crippen LogP contribution is 2.24. The van der Waals surface area contributed by atoms with E-state index in [1.165, 1.54) is 11.8 Å². The van der Waals surface area contributed by atoms with Gasteiger partial charge in [-0.05, 0) is 67.9 Å². The molecular weight excluding hydrogens is 440 g/mol. The Kier molecular flexibility index (Phi) is 7.07. The van der Waals surface area contributed by atoms with Crippen LogP contribution in [0.15, 0.2) is 76.5 Å². The molecule has 2 N–H and O–H groups in total. The van der Waals surface area contributed by atoms with Crippen molar-refractivity contribution in [1.29, 1.82) is 0 Å². The highest BCUT2D eigenvalue weighted by Gasteiger charge is 2.14. The summed E-state index contributed by atoms with van der Waals surface area (Å²) in [4.78, 5) is 13.2. The van der Waals surface area contributed by atoms with Crippen LogP contribution in [0.5, 0.6) is 0 Å². The van der Waals surface area contributed by atoms with E-state index in [9.17, 15) is 13.2 Å². The van der Waals surface area contributed by atoms with Gasteiger partial charge in [-0.1, -0.05) is 35.4 Å². The molecule has 1 amide bonds. The number of sulfonamides is 1. The van der Waals surface area contributed by atoms with Crippen molar-refractivity contribution in [3.8, 4) is 0 Å². The van der Waals surface area contributed by atoms with Crippen LogP contribution < -0.4 is 10.0 Å². The van der Waals surface area contributed by atoms with Crippen molar-refractivity contribution in [2.24, 2.45) is 0 Å². The van der Waals surface area contributed by atoms with Crippen molar-refractivity contribution in [3.05, 3.63) is 82.9 Å². The molecule has 0 atom stereocenters. The zero-order chi connectivity index (χ0) is 21.7. The number of amides is 1. The van der Waals surface area contributed by atoms with E-state index in [-0.39, 0.29) is 16.6 Å². The molecule has 3 aromatic carbocycles. The van der Waals surface area contributed by atoms with E-state index >= 15 is 0 Å². The first kappa shape index (κ1) is 22.2. The third-order valence-corrected chi connectivity index (χ3v) is 7.08. The van der Waals surface area contributed by atoms with Gasteiger partial charge in [0.2, 0.25) is 5.91 Å². The number of carbonyl (C=O) groups is 1. The Morgan fingerprint density at radius 1 is 0.933 bits per heavy atom. The van der Waals surface area contributed by atoms with Crippen LogP contribution in [0.2, 0.25) is 5.02 Å². The van der Waals surface area contributed by atoms with Crippen LogP contribution in [0.25, 0.3) is 0 Å². The lowest BCUT2D eigenvalue weighted by atomic mass is 10.2. The number of halogens is 1. The predicted octanol–water partition coefficient (Wildman–Crippen LogP) is 5.49. The van der Waals surface area contributed by atoms with Crippen LogP contribution in [0.3, 0.4) is 0 Å². The van der Waals surface area contributed by atoms with E-state index < -0.39 is 10.0 Å². The maximum Gasteiger partial charge on any atom is 0.261 e. The van der Waals surface area contributed by atoms with Crippen LogP contribution in [0, 0.1) is 13.8 Å². The van der Waals surface area contributed by atoms with Crippen LogP contribution >= 0.6 is 23.4 Å². The molecule has 156 valence electrons. The van der Waals surface area contributed by atoms with Crippen LogP contribution in [0.4, 0.5) is 11.4 Å². The van der Waals surface area contributed by atoms with Gasteiger partial charge in [0, 0.05) is 21.3 Å². The minimum atomic E-state index is -3.64. The monoisotopic (exact) mass is 460 g/mol. The first-order chi connectivity index (χ1) is 14.2. The standard InChI is InChI=1S/C22H21ClN2O3S2/c1-15-3-11-20(12-4-15)30(27,28)25-17-7-9-19(10-8-17)29-14-22(26)24-18-6-5-16(2)21(23)13-18/h3-13,25H,14H2,1-2H3,(H,24,26). The second kappa shape index (κ2) is 9.55. The maximum absolute atomic E-state index is 12.5. The largest absolute Gasteiger partial charge is 0.325 e. The second-order valence-electron chi connectivity index (χ2n) is 6.74. The van der Waals surface area contributed by atoms with Gasteiger partial charge in [0.1, 0.15) is 0 Å². The summed E-state index contributed by atoms with van der Waals surface area (Å²) >= 11 is 7.43. The normalized spacial score (nSPS) is 11.2. The van der Waals surface area contributed by atoms with E-state index in [0.717, 1.165) is 16.0 Å². The average Bonchev–Trinajstić information content (AvgIpc) is 2.70. The molecule has 0 aliphatic carbocycles. The smallest absolute Gasteiger partial charge is 0.261 e. The van der Waals surface area contributed by atoms with E-state index in [2.05, 4.69) is 10.0 Å². The molecule has 0 saturated carbocycles. The molecule has 0 radical (unpaired) electrons. The van der Waals surface area contributed by atoms with Gasteiger partial charge >= 0.3 is 0 Å². The molecule has 30 heavy (non-hydrogen) atoms. The molecule has 0 saturated heterocycles. The molecule has 0 heterocycles. The van der Waals surface area contributed by atoms with Gasteiger partial charge in [0.25, 0.3) is 10.0 Å². The van der Waals surface area contributed by atoms with Crippen molar-refractivity contribution < 1.29 is 13.2 Å². The maximum atomic E-state index is 12.5. The number of carbonyl (C=O) groups excluding carboxylic acids is 1. The quantitative estimate of drug-likeness (QED) is 0.457. The Morgan fingerprint density at radius 3 is 2.20 bits per heavy atom. The number of anilines is 2. The minimum absolute atomic E-state index is 0.149. The number of nitrogens with one attached hydrogen (secondary N) is 2. The lowest BCUT2D eigenvalue weighted by Crippen LogP contribution is -2.14.